The zero-order valence-electron chi connectivity index (χ0n) is 11.3. The number of sulfonamides is 1. The van der Waals surface area contributed by atoms with E-state index in [9.17, 15) is 13.2 Å². The van der Waals surface area contributed by atoms with Crippen LogP contribution in [0, 0.1) is 6.92 Å². The minimum Gasteiger partial charge on any atom is -0.478 e. The molecule has 2 aromatic carbocycles. The predicted octanol–water partition coefficient (Wildman–Crippen LogP) is 3.80. The number of anilines is 1. The molecule has 2 rings (SSSR count). The summed E-state index contributed by atoms with van der Waals surface area (Å²) < 4.78 is 27.1. The van der Waals surface area contributed by atoms with Gasteiger partial charge in [0.25, 0.3) is 10.0 Å². The number of carbonyl (C=O) groups is 1. The molecule has 0 atom stereocenters. The highest BCUT2D eigenvalue weighted by Crippen LogP contribution is 2.26. The maximum Gasteiger partial charge on any atom is 0.337 e. The molecule has 0 unspecified atom stereocenters. The number of carboxylic acids is 1. The van der Waals surface area contributed by atoms with Crippen LogP contribution in [-0.2, 0) is 10.0 Å². The first kappa shape index (κ1) is 16.6. The van der Waals surface area contributed by atoms with E-state index < -0.39 is 16.0 Å². The van der Waals surface area contributed by atoms with Crippen LogP contribution in [0.25, 0.3) is 0 Å². The van der Waals surface area contributed by atoms with Crippen LogP contribution in [0.3, 0.4) is 0 Å². The molecule has 0 amide bonds. The Balaban J connectivity index is 2.43. The summed E-state index contributed by atoms with van der Waals surface area (Å²) in [7, 11) is -3.89. The Kier molecular flexibility index (Phi) is 4.65. The number of aromatic carboxylic acids is 1. The Morgan fingerprint density at radius 1 is 1.14 bits per heavy atom. The third kappa shape index (κ3) is 3.35. The number of benzene rings is 2. The van der Waals surface area contributed by atoms with E-state index in [4.69, 9.17) is 28.3 Å². The average molecular weight is 360 g/mol. The molecule has 0 aliphatic heterocycles. The summed E-state index contributed by atoms with van der Waals surface area (Å²) in [6.45, 7) is 1.58. The second-order valence-corrected chi connectivity index (χ2v) is 6.93. The SMILES string of the molecule is Cc1c(Cl)cccc1S(=O)(=O)Nc1ccc(Cl)c(C(=O)O)c1. The molecule has 0 saturated heterocycles. The number of carboxylic acid groups (broad SMARTS) is 1. The van der Waals surface area contributed by atoms with Crippen molar-refractivity contribution >= 4 is 44.9 Å². The lowest BCUT2D eigenvalue weighted by atomic mass is 10.2. The van der Waals surface area contributed by atoms with Crippen LogP contribution in [0.2, 0.25) is 10.0 Å². The number of hydrogen-bond donors (Lipinski definition) is 2. The monoisotopic (exact) mass is 359 g/mol. The molecule has 0 aliphatic rings. The third-order valence-corrected chi connectivity index (χ3v) is 5.22. The van der Waals surface area contributed by atoms with Gasteiger partial charge in [0.05, 0.1) is 15.5 Å². The molecule has 0 bridgehead atoms. The van der Waals surface area contributed by atoms with Crippen LogP contribution >= 0.6 is 23.2 Å². The van der Waals surface area contributed by atoms with Gasteiger partial charge in [0.15, 0.2) is 0 Å². The molecule has 0 radical (unpaired) electrons. The van der Waals surface area contributed by atoms with E-state index in [1.165, 1.54) is 24.3 Å². The van der Waals surface area contributed by atoms with Gasteiger partial charge in [-0.1, -0.05) is 29.3 Å². The highest BCUT2D eigenvalue weighted by atomic mass is 35.5. The lowest BCUT2D eigenvalue weighted by Gasteiger charge is -2.12. The fraction of sp³-hybridized carbons (Fsp3) is 0.0714. The van der Waals surface area contributed by atoms with Gasteiger partial charge in [-0.05, 0) is 42.8 Å². The van der Waals surface area contributed by atoms with Gasteiger partial charge < -0.3 is 5.11 Å². The van der Waals surface area contributed by atoms with Crippen molar-refractivity contribution in [2.24, 2.45) is 0 Å². The fourth-order valence-corrected chi connectivity index (χ4v) is 3.59. The predicted molar refractivity (Wildman–Crippen MR) is 85.4 cm³/mol. The smallest absolute Gasteiger partial charge is 0.337 e. The average Bonchev–Trinajstić information content (AvgIpc) is 2.43. The van der Waals surface area contributed by atoms with Gasteiger partial charge in [-0.25, -0.2) is 13.2 Å². The molecular formula is C14H11Cl2NO4S. The summed E-state index contributed by atoms with van der Waals surface area (Å²) in [4.78, 5) is 11.0. The Morgan fingerprint density at radius 2 is 1.82 bits per heavy atom. The Bertz CT molecular complexity index is 850. The second kappa shape index (κ2) is 6.16. The summed E-state index contributed by atoms with van der Waals surface area (Å²) in [5.41, 5.74) is 0.315. The van der Waals surface area contributed by atoms with Crippen molar-refractivity contribution in [1.29, 1.82) is 0 Å². The van der Waals surface area contributed by atoms with Gasteiger partial charge in [-0.3, -0.25) is 4.72 Å². The fourth-order valence-electron chi connectivity index (χ4n) is 1.84. The summed E-state index contributed by atoms with van der Waals surface area (Å²) in [5.74, 6) is -1.25. The maximum absolute atomic E-state index is 12.4. The van der Waals surface area contributed by atoms with Gasteiger partial charge in [0.2, 0.25) is 0 Å². The molecule has 0 fully saturated rings. The largest absolute Gasteiger partial charge is 0.478 e. The summed E-state index contributed by atoms with van der Waals surface area (Å²) in [6, 6.07) is 8.37. The van der Waals surface area contributed by atoms with Crippen molar-refractivity contribution in [1.82, 2.24) is 0 Å². The van der Waals surface area contributed by atoms with E-state index >= 15 is 0 Å². The Labute approximate surface area is 137 Å². The molecule has 5 nitrogen and oxygen atoms in total. The van der Waals surface area contributed by atoms with Crippen molar-refractivity contribution in [3.8, 4) is 0 Å². The number of hydrogen-bond acceptors (Lipinski definition) is 3. The number of nitrogens with one attached hydrogen (secondary N) is 1. The summed E-state index contributed by atoms with van der Waals surface area (Å²) >= 11 is 11.7. The minimum atomic E-state index is -3.89. The van der Waals surface area contributed by atoms with Gasteiger partial charge in [0, 0.05) is 10.7 Å². The van der Waals surface area contributed by atoms with Crippen LogP contribution in [0.5, 0.6) is 0 Å². The van der Waals surface area contributed by atoms with Crippen molar-refractivity contribution in [3.05, 3.63) is 57.6 Å². The van der Waals surface area contributed by atoms with E-state index in [2.05, 4.69) is 4.72 Å². The normalized spacial score (nSPS) is 11.2. The molecule has 0 saturated carbocycles. The molecule has 8 heteroatoms. The zero-order chi connectivity index (χ0) is 16.5. The number of halogens is 2. The molecule has 2 N–H and O–H groups in total. The maximum atomic E-state index is 12.4. The molecule has 22 heavy (non-hydrogen) atoms. The van der Waals surface area contributed by atoms with Gasteiger partial charge in [0.1, 0.15) is 0 Å². The van der Waals surface area contributed by atoms with Gasteiger partial charge in [-0.15, -0.1) is 0 Å². The molecular weight excluding hydrogens is 349 g/mol. The highest BCUT2D eigenvalue weighted by Gasteiger charge is 2.19. The highest BCUT2D eigenvalue weighted by molar-refractivity contribution is 7.92. The lowest BCUT2D eigenvalue weighted by molar-refractivity contribution is 0.0697. The summed E-state index contributed by atoms with van der Waals surface area (Å²) in [6.07, 6.45) is 0. The Morgan fingerprint density at radius 3 is 2.45 bits per heavy atom. The quantitative estimate of drug-likeness (QED) is 0.869. The van der Waals surface area contributed by atoms with Crippen molar-refractivity contribution < 1.29 is 18.3 Å². The first-order chi connectivity index (χ1) is 10.2. The minimum absolute atomic E-state index is 0.0202. The molecule has 0 aromatic heterocycles. The lowest BCUT2D eigenvalue weighted by Crippen LogP contribution is -2.15. The number of rotatable bonds is 4. The zero-order valence-corrected chi connectivity index (χ0v) is 13.6. The van der Waals surface area contributed by atoms with E-state index in [0.29, 0.717) is 10.6 Å². The van der Waals surface area contributed by atoms with Crippen LogP contribution in [0.1, 0.15) is 15.9 Å². The van der Waals surface area contributed by atoms with Crippen molar-refractivity contribution in [2.75, 3.05) is 4.72 Å². The summed E-state index contributed by atoms with van der Waals surface area (Å²) in [5, 5.41) is 9.35. The van der Waals surface area contributed by atoms with Crippen LogP contribution in [-0.4, -0.2) is 19.5 Å². The van der Waals surface area contributed by atoms with E-state index in [0.717, 1.165) is 6.07 Å². The second-order valence-electron chi connectivity index (χ2n) is 4.47. The third-order valence-electron chi connectivity index (χ3n) is 2.96. The standard InChI is InChI=1S/C14H11Cl2NO4S/c1-8-11(15)3-2-4-13(8)22(20,21)17-9-5-6-12(16)10(7-9)14(18)19/h2-7,17H,1H3,(H,18,19). The van der Waals surface area contributed by atoms with E-state index in [1.807, 2.05) is 0 Å². The topological polar surface area (TPSA) is 83.5 Å². The molecule has 0 heterocycles. The molecule has 0 spiro atoms. The van der Waals surface area contributed by atoms with Crippen LogP contribution < -0.4 is 4.72 Å². The van der Waals surface area contributed by atoms with E-state index in [1.54, 1.807) is 13.0 Å². The van der Waals surface area contributed by atoms with Gasteiger partial charge >= 0.3 is 5.97 Å². The first-order valence-corrected chi connectivity index (χ1v) is 8.27. The molecule has 116 valence electrons. The van der Waals surface area contributed by atoms with E-state index in [-0.39, 0.29) is 21.2 Å². The van der Waals surface area contributed by atoms with Crippen LogP contribution in [0.4, 0.5) is 5.69 Å². The first-order valence-electron chi connectivity index (χ1n) is 6.03. The molecule has 2 aromatic rings. The molecule has 0 aliphatic carbocycles. The van der Waals surface area contributed by atoms with Crippen molar-refractivity contribution in [2.45, 2.75) is 11.8 Å². The van der Waals surface area contributed by atoms with Crippen molar-refractivity contribution in [3.63, 3.8) is 0 Å². The van der Waals surface area contributed by atoms with Gasteiger partial charge in [-0.2, -0.15) is 0 Å². The van der Waals surface area contributed by atoms with Crippen LogP contribution in [0.15, 0.2) is 41.3 Å². The Hall–Kier alpha value is -1.76.